The van der Waals surface area contributed by atoms with Crippen LogP contribution in [-0.2, 0) is 9.47 Å². The molecule has 9 nitrogen and oxygen atoms in total. The molecule has 0 radical (unpaired) electrons. The Kier molecular flexibility index (Phi) is 4.08. The highest BCUT2D eigenvalue weighted by atomic mass is 16.7. The number of benzene rings is 1. The van der Waals surface area contributed by atoms with Gasteiger partial charge >= 0.3 is 0 Å². The van der Waals surface area contributed by atoms with E-state index in [1.54, 1.807) is 6.07 Å². The normalized spacial score (nSPS) is 34.4. The molecule has 1 aliphatic carbocycles. The first-order valence-electron chi connectivity index (χ1n) is 9.35. The lowest BCUT2D eigenvalue weighted by Crippen LogP contribution is -2.59. The zero-order chi connectivity index (χ0) is 20.9. The number of nitriles is 3. The molecular weight excluding hydrogens is 374 g/mol. The molecule has 1 N–H and O–H groups in total. The number of hydrogen-bond acceptors (Lipinski definition) is 8. The molecule has 29 heavy (non-hydrogen) atoms. The number of rotatable bonds is 2. The first-order valence-corrected chi connectivity index (χ1v) is 9.35. The van der Waals surface area contributed by atoms with Crippen LogP contribution in [-0.4, -0.2) is 16.6 Å². The van der Waals surface area contributed by atoms with Crippen molar-refractivity contribution in [3.63, 3.8) is 0 Å². The molecule has 1 aromatic carbocycles. The Morgan fingerprint density at radius 3 is 2.52 bits per heavy atom. The van der Waals surface area contributed by atoms with Gasteiger partial charge in [-0.2, -0.15) is 15.8 Å². The smallest absolute Gasteiger partial charge is 0.275 e. The van der Waals surface area contributed by atoms with E-state index in [9.17, 15) is 25.9 Å². The Labute approximate surface area is 166 Å². The SMILES string of the molecule is N#CC1(C#N)C(c2ccccc2[N+](=O)[O-])OC23CCCCCC2C1(C#N)C(=N)O3. The first-order chi connectivity index (χ1) is 13.9. The summed E-state index contributed by atoms with van der Waals surface area (Å²) in [6.45, 7) is 0. The van der Waals surface area contributed by atoms with Crippen LogP contribution in [0.1, 0.15) is 43.8 Å². The van der Waals surface area contributed by atoms with E-state index >= 15 is 0 Å². The van der Waals surface area contributed by atoms with Crippen LogP contribution in [0.25, 0.3) is 0 Å². The number of para-hydroxylation sites is 1. The van der Waals surface area contributed by atoms with Gasteiger partial charge in [0.15, 0.2) is 5.41 Å². The highest BCUT2D eigenvalue weighted by Gasteiger charge is 2.80. The van der Waals surface area contributed by atoms with Crippen molar-refractivity contribution < 1.29 is 14.4 Å². The van der Waals surface area contributed by atoms with E-state index in [2.05, 4.69) is 6.07 Å². The average Bonchev–Trinajstić information content (AvgIpc) is 2.85. The summed E-state index contributed by atoms with van der Waals surface area (Å²) in [5.41, 5.74) is -4.32. The second-order valence-corrected chi connectivity index (χ2v) is 7.66. The van der Waals surface area contributed by atoms with Gasteiger partial charge in [0, 0.05) is 12.5 Å². The third kappa shape index (κ3) is 2.12. The fraction of sp³-hybridized carbons (Fsp3) is 0.500. The largest absolute Gasteiger partial charge is 0.447 e. The Balaban J connectivity index is 2.04. The summed E-state index contributed by atoms with van der Waals surface area (Å²) in [4.78, 5) is 11.0. The second-order valence-electron chi connectivity index (χ2n) is 7.66. The highest BCUT2D eigenvalue weighted by molar-refractivity contribution is 5.89. The molecule has 0 aromatic heterocycles. The maximum absolute atomic E-state index is 11.6. The Hall–Kier alpha value is -3.48. The molecule has 2 heterocycles. The molecule has 146 valence electrons. The minimum absolute atomic E-state index is 0.0283. The summed E-state index contributed by atoms with van der Waals surface area (Å²) in [5, 5.41) is 50.7. The summed E-state index contributed by atoms with van der Waals surface area (Å²) < 4.78 is 12.1. The summed E-state index contributed by atoms with van der Waals surface area (Å²) in [7, 11) is 0. The minimum Gasteiger partial charge on any atom is -0.447 e. The lowest BCUT2D eigenvalue weighted by Gasteiger charge is -2.49. The molecule has 2 aliphatic heterocycles. The molecule has 2 bridgehead atoms. The van der Waals surface area contributed by atoms with Gasteiger partial charge in [0.2, 0.25) is 17.1 Å². The van der Waals surface area contributed by atoms with Gasteiger partial charge in [0.1, 0.15) is 6.10 Å². The minimum atomic E-state index is -2.17. The Bertz CT molecular complexity index is 1020. The van der Waals surface area contributed by atoms with Crippen molar-refractivity contribution in [3.8, 4) is 18.2 Å². The van der Waals surface area contributed by atoms with Gasteiger partial charge < -0.3 is 9.47 Å². The molecule has 3 fully saturated rings. The van der Waals surface area contributed by atoms with Crippen LogP contribution in [0, 0.1) is 66.3 Å². The topological polar surface area (TPSA) is 157 Å². The average molecular weight is 391 g/mol. The Morgan fingerprint density at radius 2 is 1.86 bits per heavy atom. The molecule has 9 heteroatoms. The molecule has 4 rings (SSSR count). The van der Waals surface area contributed by atoms with Gasteiger partial charge in [0.25, 0.3) is 5.69 Å². The van der Waals surface area contributed by atoms with Crippen LogP contribution in [0.4, 0.5) is 5.69 Å². The van der Waals surface area contributed by atoms with Crippen LogP contribution in [0.5, 0.6) is 0 Å². The van der Waals surface area contributed by atoms with Crippen molar-refractivity contribution in [1.29, 1.82) is 21.2 Å². The number of ether oxygens (including phenoxy) is 2. The van der Waals surface area contributed by atoms with E-state index < -0.39 is 39.5 Å². The molecule has 4 unspecified atom stereocenters. The fourth-order valence-corrected chi connectivity index (χ4v) is 5.19. The molecule has 2 saturated heterocycles. The summed E-state index contributed by atoms with van der Waals surface area (Å²) in [5.74, 6) is -2.49. The molecule has 0 amide bonds. The van der Waals surface area contributed by atoms with Crippen molar-refractivity contribution in [3.05, 3.63) is 39.9 Å². The molecule has 1 saturated carbocycles. The van der Waals surface area contributed by atoms with Crippen molar-refractivity contribution in [2.45, 2.75) is 44.0 Å². The predicted octanol–water partition coefficient (Wildman–Crippen LogP) is 3.49. The van der Waals surface area contributed by atoms with Crippen LogP contribution in [0.15, 0.2) is 24.3 Å². The van der Waals surface area contributed by atoms with Crippen molar-refractivity contribution in [2.24, 2.45) is 16.7 Å². The lowest BCUT2D eigenvalue weighted by molar-refractivity contribution is -0.387. The first kappa shape index (κ1) is 18.9. The van der Waals surface area contributed by atoms with E-state index in [0.717, 1.165) is 19.3 Å². The van der Waals surface area contributed by atoms with E-state index in [4.69, 9.17) is 14.9 Å². The number of nitro benzene ring substituents is 1. The lowest BCUT2D eigenvalue weighted by atomic mass is 9.52. The Morgan fingerprint density at radius 1 is 1.14 bits per heavy atom. The standard InChI is InChI=1S/C20H17N5O4/c21-10-18(11-22)16(13-6-3-4-7-14(13)25(26)27)28-20-9-5-1-2-8-15(20)19(18,12-23)17(24)29-20/h3-4,6-7,15-16,24H,1-2,5,8-9H2. The van der Waals surface area contributed by atoms with E-state index in [1.165, 1.54) is 18.2 Å². The number of nitrogens with one attached hydrogen (secondary N) is 1. The molecule has 3 aliphatic rings. The maximum Gasteiger partial charge on any atom is 0.275 e. The van der Waals surface area contributed by atoms with Gasteiger partial charge in [-0.1, -0.05) is 25.0 Å². The van der Waals surface area contributed by atoms with Gasteiger partial charge in [0.05, 0.1) is 34.6 Å². The predicted molar refractivity (Wildman–Crippen MR) is 96.7 cm³/mol. The third-order valence-corrected chi connectivity index (χ3v) is 6.48. The van der Waals surface area contributed by atoms with Crippen molar-refractivity contribution in [2.75, 3.05) is 0 Å². The number of nitro groups is 1. The van der Waals surface area contributed by atoms with E-state index in [-0.39, 0.29) is 11.3 Å². The summed E-state index contributed by atoms with van der Waals surface area (Å²) in [6.07, 6.45) is 1.77. The van der Waals surface area contributed by atoms with Crippen LogP contribution < -0.4 is 0 Å². The summed E-state index contributed by atoms with van der Waals surface area (Å²) >= 11 is 0. The van der Waals surface area contributed by atoms with Gasteiger partial charge in [-0.15, -0.1) is 0 Å². The molecule has 0 spiro atoms. The van der Waals surface area contributed by atoms with Crippen molar-refractivity contribution >= 4 is 11.6 Å². The third-order valence-electron chi connectivity index (χ3n) is 6.48. The molecular formula is C20H17N5O4. The zero-order valence-electron chi connectivity index (χ0n) is 15.4. The van der Waals surface area contributed by atoms with Crippen LogP contribution in [0.3, 0.4) is 0 Å². The van der Waals surface area contributed by atoms with Crippen LogP contribution >= 0.6 is 0 Å². The number of hydrogen-bond donors (Lipinski definition) is 1. The number of nitrogens with zero attached hydrogens (tertiary/aromatic N) is 4. The quantitative estimate of drug-likeness (QED) is 0.597. The zero-order valence-corrected chi connectivity index (χ0v) is 15.4. The molecule has 4 atom stereocenters. The fourth-order valence-electron chi connectivity index (χ4n) is 5.19. The monoisotopic (exact) mass is 391 g/mol. The van der Waals surface area contributed by atoms with Crippen LogP contribution in [0.2, 0.25) is 0 Å². The van der Waals surface area contributed by atoms with Gasteiger partial charge in [-0.05, 0) is 18.9 Å². The molecule has 1 aromatic rings. The van der Waals surface area contributed by atoms with E-state index in [1.807, 2.05) is 12.1 Å². The van der Waals surface area contributed by atoms with Crippen molar-refractivity contribution in [1.82, 2.24) is 0 Å². The second kappa shape index (κ2) is 6.27. The van der Waals surface area contributed by atoms with E-state index in [0.29, 0.717) is 12.8 Å². The van der Waals surface area contributed by atoms with Gasteiger partial charge in [-0.25, -0.2) is 0 Å². The van der Waals surface area contributed by atoms with Gasteiger partial charge in [-0.3, -0.25) is 15.5 Å². The maximum atomic E-state index is 11.6. The highest BCUT2D eigenvalue weighted by Crippen LogP contribution is 2.69. The summed E-state index contributed by atoms with van der Waals surface area (Å²) in [6, 6.07) is 11.7.